The molecule has 5 nitrogen and oxygen atoms in total. The Morgan fingerprint density at radius 3 is 2.61 bits per heavy atom. The number of nitrogens with zero attached hydrogens (tertiary/aromatic N) is 2. The summed E-state index contributed by atoms with van der Waals surface area (Å²) in [6, 6.07) is 3.30. The van der Waals surface area contributed by atoms with Crippen molar-refractivity contribution >= 4 is 15.8 Å². The molecule has 1 heterocycles. The zero-order valence-corrected chi connectivity index (χ0v) is 11.6. The van der Waals surface area contributed by atoms with Gasteiger partial charge in [-0.3, -0.25) is 0 Å². The van der Waals surface area contributed by atoms with Gasteiger partial charge in [-0.1, -0.05) is 12.8 Å². The average molecular weight is 269 g/mol. The van der Waals surface area contributed by atoms with Gasteiger partial charge in [-0.05, 0) is 24.5 Å². The predicted octanol–water partition coefficient (Wildman–Crippen LogP) is 1.54. The molecule has 1 aromatic heterocycles. The quantitative estimate of drug-likeness (QED) is 0.851. The molecule has 1 saturated carbocycles. The minimum atomic E-state index is -3.37. The van der Waals surface area contributed by atoms with Gasteiger partial charge < -0.3 is 5.32 Å². The summed E-state index contributed by atoms with van der Waals surface area (Å²) in [6.45, 7) is 0.900. The fourth-order valence-corrected chi connectivity index (χ4v) is 2.51. The summed E-state index contributed by atoms with van der Waals surface area (Å²) in [5, 5.41) is 3.20. The lowest BCUT2D eigenvalue weighted by molar-refractivity contribution is 0.520. The monoisotopic (exact) mass is 269 g/mol. The van der Waals surface area contributed by atoms with Gasteiger partial charge in [-0.25, -0.2) is 17.7 Å². The third-order valence-corrected chi connectivity index (χ3v) is 4.87. The second kappa shape index (κ2) is 5.24. The molecular formula is C12H19N3O2S. The molecule has 1 fully saturated rings. The van der Waals surface area contributed by atoms with Gasteiger partial charge in [0.05, 0.1) is 0 Å². The van der Waals surface area contributed by atoms with E-state index in [0.717, 1.165) is 18.3 Å². The molecule has 0 radical (unpaired) electrons. The van der Waals surface area contributed by atoms with Crippen molar-refractivity contribution in [2.75, 3.05) is 26.0 Å². The van der Waals surface area contributed by atoms with Crippen LogP contribution in [0, 0.1) is 5.92 Å². The molecule has 0 amide bonds. The molecule has 0 aromatic carbocycles. The van der Waals surface area contributed by atoms with Crippen LogP contribution in [0.3, 0.4) is 0 Å². The lowest BCUT2D eigenvalue weighted by Crippen LogP contribution is -2.22. The van der Waals surface area contributed by atoms with Crippen LogP contribution in [0.15, 0.2) is 23.2 Å². The molecule has 6 heteroatoms. The van der Waals surface area contributed by atoms with Gasteiger partial charge in [-0.15, -0.1) is 0 Å². The number of aromatic nitrogens is 1. The third-order valence-electron chi connectivity index (χ3n) is 3.07. The topological polar surface area (TPSA) is 62.3 Å². The molecule has 0 unspecified atom stereocenters. The van der Waals surface area contributed by atoms with Crippen LogP contribution in [0.25, 0.3) is 0 Å². The lowest BCUT2D eigenvalue weighted by Gasteiger charge is -2.11. The summed E-state index contributed by atoms with van der Waals surface area (Å²) < 4.78 is 24.8. The summed E-state index contributed by atoms with van der Waals surface area (Å²) in [5.41, 5.74) is 0. The van der Waals surface area contributed by atoms with Crippen molar-refractivity contribution in [3.63, 3.8) is 0 Å². The van der Waals surface area contributed by atoms with Crippen molar-refractivity contribution in [3.8, 4) is 0 Å². The largest absolute Gasteiger partial charge is 0.370 e. The zero-order chi connectivity index (χ0) is 13.2. The van der Waals surface area contributed by atoms with E-state index in [-0.39, 0.29) is 4.90 Å². The highest BCUT2D eigenvalue weighted by atomic mass is 32.2. The van der Waals surface area contributed by atoms with Crippen molar-refractivity contribution < 1.29 is 8.42 Å². The number of sulfonamides is 1. The molecule has 1 aliphatic rings. The first-order valence-electron chi connectivity index (χ1n) is 6.12. The number of anilines is 1. The molecule has 100 valence electrons. The standard InChI is InChI=1S/C12H19N3O2S/c1-15(2)18(16,17)11-5-6-12(14-9-11)13-8-7-10-3-4-10/h5-6,9-10H,3-4,7-8H2,1-2H3,(H,13,14). The Bertz CT molecular complexity index is 493. The minimum absolute atomic E-state index is 0.222. The first-order chi connectivity index (χ1) is 8.50. The van der Waals surface area contributed by atoms with Crippen LogP contribution in [0.5, 0.6) is 0 Å². The minimum Gasteiger partial charge on any atom is -0.370 e. The Kier molecular flexibility index (Phi) is 3.87. The van der Waals surface area contributed by atoms with E-state index in [0.29, 0.717) is 0 Å². The van der Waals surface area contributed by atoms with Crippen molar-refractivity contribution in [2.24, 2.45) is 5.92 Å². The highest BCUT2D eigenvalue weighted by Gasteiger charge is 2.20. The lowest BCUT2D eigenvalue weighted by atomic mass is 10.3. The highest BCUT2D eigenvalue weighted by molar-refractivity contribution is 7.89. The van der Waals surface area contributed by atoms with Gasteiger partial charge in [0, 0.05) is 26.8 Å². The summed E-state index contributed by atoms with van der Waals surface area (Å²) in [4.78, 5) is 4.35. The summed E-state index contributed by atoms with van der Waals surface area (Å²) in [6.07, 6.45) is 5.25. The first-order valence-corrected chi connectivity index (χ1v) is 7.56. The second-order valence-corrected chi connectivity index (χ2v) is 6.98. The molecule has 0 saturated heterocycles. The molecule has 1 aromatic rings. The Morgan fingerprint density at radius 2 is 2.11 bits per heavy atom. The van der Waals surface area contributed by atoms with Crippen LogP contribution in [0.2, 0.25) is 0 Å². The summed E-state index contributed by atoms with van der Waals surface area (Å²) in [7, 11) is -0.352. The van der Waals surface area contributed by atoms with Gasteiger partial charge >= 0.3 is 0 Å². The highest BCUT2D eigenvalue weighted by Crippen LogP contribution is 2.32. The fraction of sp³-hybridized carbons (Fsp3) is 0.583. The zero-order valence-electron chi connectivity index (χ0n) is 10.8. The van der Waals surface area contributed by atoms with E-state index < -0.39 is 10.0 Å². The van der Waals surface area contributed by atoms with Crippen LogP contribution in [-0.4, -0.2) is 38.3 Å². The molecule has 0 bridgehead atoms. The number of pyridine rings is 1. The smallest absolute Gasteiger partial charge is 0.244 e. The number of nitrogens with one attached hydrogen (secondary N) is 1. The van der Waals surface area contributed by atoms with Crippen LogP contribution < -0.4 is 5.32 Å². The van der Waals surface area contributed by atoms with Gasteiger partial charge in [0.15, 0.2) is 0 Å². The summed E-state index contributed by atoms with van der Waals surface area (Å²) >= 11 is 0. The first kappa shape index (κ1) is 13.3. The molecule has 1 N–H and O–H groups in total. The van der Waals surface area contributed by atoms with Crippen molar-refractivity contribution in [1.82, 2.24) is 9.29 Å². The number of rotatable bonds is 6. The van der Waals surface area contributed by atoms with Crippen LogP contribution in [0.4, 0.5) is 5.82 Å². The van der Waals surface area contributed by atoms with Gasteiger partial charge in [-0.2, -0.15) is 0 Å². The Balaban J connectivity index is 1.96. The normalized spacial score (nSPS) is 15.9. The van der Waals surface area contributed by atoms with Gasteiger partial charge in [0.2, 0.25) is 10.0 Å². The Hall–Kier alpha value is -1.14. The molecule has 0 atom stereocenters. The Labute approximate surface area is 108 Å². The molecule has 0 aliphatic heterocycles. The molecule has 2 rings (SSSR count). The molecular weight excluding hydrogens is 250 g/mol. The van der Waals surface area contributed by atoms with Crippen LogP contribution >= 0.6 is 0 Å². The maximum atomic E-state index is 11.8. The second-order valence-electron chi connectivity index (χ2n) is 4.83. The predicted molar refractivity (Wildman–Crippen MR) is 70.9 cm³/mol. The fourth-order valence-electron chi connectivity index (χ4n) is 1.66. The van der Waals surface area contributed by atoms with Crippen molar-refractivity contribution in [3.05, 3.63) is 18.3 Å². The van der Waals surface area contributed by atoms with Gasteiger partial charge in [0.25, 0.3) is 0 Å². The molecule has 18 heavy (non-hydrogen) atoms. The molecule has 0 spiro atoms. The van der Waals surface area contributed by atoms with Crippen molar-refractivity contribution in [1.29, 1.82) is 0 Å². The SMILES string of the molecule is CN(C)S(=O)(=O)c1ccc(NCCC2CC2)nc1. The van der Waals surface area contributed by atoms with Crippen molar-refractivity contribution in [2.45, 2.75) is 24.2 Å². The maximum absolute atomic E-state index is 11.8. The van der Waals surface area contributed by atoms with E-state index >= 15 is 0 Å². The Morgan fingerprint density at radius 1 is 1.39 bits per heavy atom. The molecule has 1 aliphatic carbocycles. The third kappa shape index (κ3) is 3.20. The van der Waals surface area contributed by atoms with E-state index in [9.17, 15) is 8.42 Å². The van der Waals surface area contributed by atoms with Gasteiger partial charge in [0.1, 0.15) is 10.7 Å². The van der Waals surface area contributed by atoms with Crippen LogP contribution in [-0.2, 0) is 10.0 Å². The van der Waals surface area contributed by atoms with Crippen LogP contribution in [0.1, 0.15) is 19.3 Å². The summed E-state index contributed by atoms with van der Waals surface area (Å²) in [5.74, 6) is 1.61. The van der Waals surface area contributed by atoms with E-state index in [1.807, 2.05) is 0 Å². The average Bonchev–Trinajstić information content (AvgIpc) is 3.13. The van der Waals surface area contributed by atoms with E-state index in [4.69, 9.17) is 0 Å². The number of hydrogen-bond acceptors (Lipinski definition) is 4. The van der Waals surface area contributed by atoms with E-state index in [1.165, 1.54) is 43.9 Å². The number of hydrogen-bond donors (Lipinski definition) is 1. The van der Waals surface area contributed by atoms with E-state index in [2.05, 4.69) is 10.3 Å². The maximum Gasteiger partial charge on any atom is 0.244 e. The van der Waals surface area contributed by atoms with E-state index in [1.54, 1.807) is 12.1 Å².